The molecule has 13 heteroatoms. The molecule has 0 saturated carbocycles. The van der Waals surface area contributed by atoms with Crippen LogP contribution in [0, 0.1) is 0 Å². The molecule has 1 unspecified atom stereocenters. The first kappa shape index (κ1) is 31.7. The zero-order valence-corrected chi connectivity index (χ0v) is 24.9. The smallest absolute Gasteiger partial charge is 0.326 e. The molecular formula is C25H30N6O4ReS2. The van der Waals surface area contributed by atoms with E-state index in [4.69, 9.17) is 18.1 Å². The molecule has 203 valence electrons. The number of benzene rings is 1. The van der Waals surface area contributed by atoms with Gasteiger partial charge in [-0.1, -0.05) is 12.1 Å². The van der Waals surface area contributed by atoms with E-state index in [-0.39, 0.29) is 25.5 Å². The molecule has 1 aromatic carbocycles. The summed E-state index contributed by atoms with van der Waals surface area (Å²) in [5.41, 5.74) is 2.66. The SMILES string of the molecule is NOOSc1ccc(NC(=S)NC(CCCCN(Cc2ccccn2)Cc2ccccn2)C(=O)O)cc1.[Re]. The van der Waals surface area contributed by atoms with E-state index in [1.165, 1.54) is 0 Å². The van der Waals surface area contributed by atoms with Gasteiger partial charge in [0.2, 0.25) is 0 Å². The molecule has 0 amide bonds. The minimum absolute atomic E-state index is 0. The number of carboxylic acid groups (broad SMARTS) is 1. The van der Waals surface area contributed by atoms with Crippen LogP contribution in [0.25, 0.3) is 0 Å². The second-order valence-electron chi connectivity index (χ2n) is 8.11. The third kappa shape index (κ3) is 11.9. The van der Waals surface area contributed by atoms with E-state index in [0.29, 0.717) is 31.6 Å². The molecule has 0 fully saturated rings. The number of nitrogens with zero attached hydrogens (tertiary/aromatic N) is 3. The van der Waals surface area contributed by atoms with E-state index in [1.54, 1.807) is 36.7 Å². The molecule has 1 atom stereocenters. The topological polar surface area (TPSA) is 135 Å². The van der Waals surface area contributed by atoms with E-state index in [9.17, 15) is 9.90 Å². The second-order valence-corrected chi connectivity index (χ2v) is 9.29. The minimum Gasteiger partial charge on any atom is -0.480 e. The fraction of sp³-hybridized carbons (Fsp3) is 0.280. The van der Waals surface area contributed by atoms with Gasteiger partial charge >= 0.3 is 5.97 Å². The summed E-state index contributed by atoms with van der Waals surface area (Å²) in [6.45, 7) is 2.16. The summed E-state index contributed by atoms with van der Waals surface area (Å²) in [6, 6.07) is 18.1. The number of pyridine rings is 2. The molecule has 38 heavy (non-hydrogen) atoms. The molecule has 0 aliphatic rings. The predicted molar refractivity (Wildman–Crippen MR) is 146 cm³/mol. The molecule has 3 rings (SSSR count). The number of anilines is 1. The fourth-order valence-electron chi connectivity index (χ4n) is 3.57. The van der Waals surface area contributed by atoms with Gasteiger partial charge in [-0.25, -0.2) is 4.79 Å². The fourth-order valence-corrected chi connectivity index (χ4v) is 4.20. The Labute approximate surface area is 245 Å². The average Bonchev–Trinajstić information content (AvgIpc) is 2.91. The molecule has 0 spiro atoms. The Hall–Kier alpha value is -2.47. The number of unbranched alkanes of at least 4 members (excludes halogenated alkanes) is 1. The molecule has 0 bridgehead atoms. The van der Waals surface area contributed by atoms with Gasteiger partial charge in [0.1, 0.15) is 6.04 Å². The van der Waals surface area contributed by atoms with Crippen molar-refractivity contribution >= 4 is 41.0 Å². The largest absolute Gasteiger partial charge is 0.480 e. The zero-order chi connectivity index (χ0) is 26.3. The number of carbonyl (C=O) groups is 1. The molecule has 10 nitrogen and oxygen atoms in total. The summed E-state index contributed by atoms with van der Waals surface area (Å²) in [5, 5.41) is 15.8. The van der Waals surface area contributed by atoms with Crippen LogP contribution in [0.3, 0.4) is 0 Å². The first-order valence-corrected chi connectivity index (χ1v) is 12.8. The van der Waals surface area contributed by atoms with Crippen molar-refractivity contribution in [2.45, 2.75) is 43.3 Å². The number of carboxylic acids is 1. The number of thiocarbonyl (C=S) groups is 1. The molecule has 0 aliphatic carbocycles. The second kappa shape index (κ2) is 17.9. The van der Waals surface area contributed by atoms with Crippen LogP contribution in [0.1, 0.15) is 30.7 Å². The normalized spacial score (nSPS) is 11.4. The van der Waals surface area contributed by atoms with Gasteiger partial charge in [-0.05, 0) is 86.6 Å². The van der Waals surface area contributed by atoms with Gasteiger partial charge in [0, 0.05) is 56.5 Å². The van der Waals surface area contributed by atoms with E-state index in [0.717, 1.165) is 41.3 Å². The van der Waals surface area contributed by atoms with Crippen molar-refractivity contribution in [3.8, 4) is 0 Å². The van der Waals surface area contributed by atoms with Crippen molar-refractivity contribution in [2.75, 3.05) is 11.9 Å². The number of aliphatic carboxylic acids is 1. The predicted octanol–water partition coefficient (Wildman–Crippen LogP) is 3.92. The minimum atomic E-state index is -0.950. The third-order valence-corrected chi connectivity index (χ3v) is 6.16. The van der Waals surface area contributed by atoms with Crippen LogP contribution < -0.4 is 16.5 Å². The Kier molecular flexibility index (Phi) is 15.0. The van der Waals surface area contributed by atoms with Crippen molar-refractivity contribution in [3.63, 3.8) is 0 Å². The standard InChI is InChI=1S/C25H30N6O4S2.Re/c26-34-35-37-22-12-10-19(11-13-22)29-25(36)30-23(24(32)33)9-3-6-16-31(17-20-7-1-4-14-27-20)18-21-8-2-5-15-28-21;/h1-2,4-5,7-8,10-15,23H,3,6,9,16-18,26H2,(H,32,33)(H2,29,30,36);. The van der Waals surface area contributed by atoms with Crippen LogP contribution >= 0.6 is 24.3 Å². The number of nitrogens with one attached hydrogen (secondary N) is 2. The first-order chi connectivity index (χ1) is 18.0. The molecule has 0 saturated heterocycles. The molecular weight excluding hydrogens is 699 g/mol. The maximum absolute atomic E-state index is 11.8. The van der Waals surface area contributed by atoms with Crippen molar-refractivity contribution in [1.29, 1.82) is 0 Å². The van der Waals surface area contributed by atoms with Gasteiger partial charge in [0.05, 0.1) is 23.4 Å². The van der Waals surface area contributed by atoms with Gasteiger partial charge in [0.25, 0.3) is 0 Å². The van der Waals surface area contributed by atoms with Crippen molar-refractivity contribution in [3.05, 3.63) is 84.4 Å². The quantitative estimate of drug-likeness (QED) is 0.0595. The van der Waals surface area contributed by atoms with Crippen LogP contribution in [0.15, 0.2) is 78.0 Å². The van der Waals surface area contributed by atoms with E-state index in [1.807, 2.05) is 36.4 Å². The van der Waals surface area contributed by atoms with E-state index in [2.05, 4.69) is 34.8 Å². The van der Waals surface area contributed by atoms with E-state index >= 15 is 0 Å². The summed E-state index contributed by atoms with van der Waals surface area (Å²) < 4.78 is 4.60. The summed E-state index contributed by atoms with van der Waals surface area (Å²) in [6.07, 6.45) is 5.53. The molecule has 1 radical (unpaired) electrons. The zero-order valence-electron chi connectivity index (χ0n) is 20.5. The maximum atomic E-state index is 11.8. The molecule has 2 heterocycles. The number of rotatable bonds is 15. The van der Waals surface area contributed by atoms with Gasteiger partial charge in [-0.3, -0.25) is 14.9 Å². The summed E-state index contributed by atoms with van der Waals surface area (Å²) in [4.78, 5) is 27.8. The Morgan fingerprint density at radius 3 is 2.18 bits per heavy atom. The number of aromatic nitrogens is 2. The van der Waals surface area contributed by atoms with Gasteiger partial charge < -0.3 is 15.7 Å². The Morgan fingerprint density at radius 2 is 1.66 bits per heavy atom. The van der Waals surface area contributed by atoms with Gasteiger partial charge in [-0.15, -0.1) is 9.32 Å². The van der Waals surface area contributed by atoms with Crippen LogP contribution in [-0.4, -0.2) is 43.6 Å². The number of hydrogen-bond acceptors (Lipinski definition) is 9. The van der Waals surface area contributed by atoms with Crippen LogP contribution in [0.4, 0.5) is 5.69 Å². The van der Waals surface area contributed by atoms with Crippen molar-refractivity contribution < 1.29 is 39.6 Å². The first-order valence-electron chi connectivity index (χ1n) is 11.7. The third-order valence-electron chi connectivity index (χ3n) is 5.33. The summed E-state index contributed by atoms with van der Waals surface area (Å²) in [7, 11) is 0. The summed E-state index contributed by atoms with van der Waals surface area (Å²) >= 11 is 6.29. The monoisotopic (exact) mass is 729 g/mol. The Balaban J connectivity index is 0.00000507. The average molecular weight is 729 g/mol. The van der Waals surface area contributed by atoms with Gasteiger partial charge in [0.15, 0.2) is 5.11 Å². The van der Waals surface area contributed by atoms with Crippen LogP contribution in [-0.2, 0) is 47.6 Å². The molecule has 0 aliphatic heterocycles. The van der Waals surface area contributed by atoms with E-state index < -0.39 is 12.0 Å². The molecule has 5 N–H and O–H groups in total. The number of nitrogens with two attached hydrogens (primary N) is 1. The van der Waals surface area contributed by atoms with Crippen LogP contribution in [0.5, 0.6) is 0 Å². The Morgan fingerprint density at radius 1 is 1.03 bits per heavy atom. The van der Waals surface area contributed by atoms with Crippen molar-refractivity contribution in [1.82, 2.24) is 20.2 Å². The molecule has 3 aromatic rings. The van der Waals surface area contributed by atoms with Crippen molar-refractivity contribution in [2.24, 2.45) is 5.90 Å². The van der Waals surface area contributed by atoms with Gasteiger partial charge in [-0.2, -0.15) is 5.90 Å². The number of hydrogen-bond donors (Lipinski definition) is 4. The summed E-state index contributed by atoms with van der Waals surface area (Å²) in [5.74, 6) is 3.88. The molecule has 2 aromatic heterocycles. The Bertz CT molecular complexity index is 1060. The van der Waals surface area contributed by atoms with Crippen LogP contribution in [0.2, 0.25) is 0 Å². The maximum Gasteiger partial charge on any atom is 0.326 e.